The number of rotatable bonds is 7. The predicted molar refractivity (Wildman–Crippen MR) is 69.0 cm³/mol. The summed E-state index contributed by atoms with van der Waals surface area (Å²) in [5, 5.41) is 2.86. The molecular formula is C10H18N2O3S2. The third kappa shape index (κ3) is 5.58. The number of hydrogen-bond acceptors (Lipinski definition) is 6. The van der Waals surface area contributed by atoms with Gasteiger partial charge in [0.1, 0.15) is 9.84 Å². The number of ether oxygens (including phenoxy) is 1. The molecule has 0 aliphatic carbocycles. The highest BCUT2D eigenvalue weighted by Gasteiger charge is 2.13. The topological polar surface area (TPSA) is 82.3 Å². The van der Waals surface area contributed by atoms with Crippen molar-refractivity contribution >= 4 is 21.2 Å². The van der Waals surface area contributed by atoms with Gasteiger partial charge in [-0.2, -0.15) is 0 Å². The summed E-state index contributed by atoms with van der Waals surface area (Å²) in [7, 11) is -1.31. The molecule has 2 N–H and O–H groups in total. The Labute approximate surface area is 106 Å². The standard InChI is InChI=1S/C10H18N2O3S2/c1-15-5-3-10-12-9(7-16-10)8(11)4-6-17(2,13)14/h7-8H,3-6,11H2,1-2H3. The number of hydrogen-bond donors (Lipinski definition) is 1. The van der Waals surface area contributed by atoms with Crippen LogP contribution in [0.15, 0.2) is 5.38 Å². The first-order valence-corrected chi connectivity index (χ1v) is 8.23. The molecule has 7 heteroatoms. The lowest BCUT2D eigenvalue weighted by molar-refractivity contribution is 0.202. The Morgan fingerprint density at radius 3 is 2.88 bits per heavy atom. The lowest BCUT2D eigenvalue weighted by Gasteiger charge is -2.07. The van der Waals surface area contributed by atoms with Crippen LogP contribution >= 0.6 is 11.3 Å². The van der Waals surface area contributed by atoms with Crippen LogP contribution < -0.4 is 5.73 Å². The van der Waals surface area contributed by atoms with Crippen LogP contribution in [0.4, 0.5) is 0 Å². The van der Waals surface area contributed by atoms with E-state index in [9.17, 15) is 8.42 Å². The fourth-order valence-electron chi connectivity index (χ4n) is 1.29. The van der Waals surface area contributed by atoms with Gasteiger partial charge < -0.3 is 10.5 Å². The fourth-order valence-corrected chi connectivity index (χ4v) is 2.81. The predicted octanol–water partition coefficient (Wildman–Crippen LogP) is 0.767. The summed E-state index contributed by atoms with van der Waals surface area (Å²) in [4.78, 5) is 4.37. The summed E-state index contributed by atoms with van der Waals surface area (Å²) in [5.74, 6) is 0.0963. The van der Waals surface area contributed by atoms with Crippen LogP contribution in [0, 0.1) is 0 Å². The van der Waals surface area contributed by atoms with E-state index in [2.05, 4.69) is 4.98 Å². The van der Waals surface area contributed by atoms with Crippen LogP contribution in [0.2, 0.25) is 0 Å². The van der Waals surface area contributed by atoms with Crippen molar-refractivity contribution in [2.45, 2.75) is 18.9 Å². The van der Waals surface area contributed by atoms with Gasteiger partial charge in [0, 0.05) is 31.2 Å². The maximum absolute atomic E-state index is 11.0. The first kappa shape index (κ1) is 14.6. The monoisotopic (exact) mass is 278 g/mol. The Balaban J connectivity index is 2.51. The van der Waals surface area contributed by atoms with Gasteiger partial charge in [-0.1, -0.05) is 0 Å². The van der Waals surface area contributed by atoms with E-state index in [-0.39, 0.29) is 11.8 Å². The van der Waals surface area contributed by atoms with E-state index in [1.807, 2.05) is 5.38 Å². The van der Waals surface area contributed by atoms with Crippen molar-refractivity contribution in [1.82, 2.24) is 4.98 Å². The molecule has 0 saturated heterocycles. The smallest absolute Gasteiger partial charge is 0.147 e. The molecule has 1 aromatic heterocycles. The minimum Gasteiger partial charge on any atom is -0.384 e. The SMILES string of the molecule is COCCc1nc(C(N)CCS(C)(=O)=O)cs1. The van der Waals surface area contributed by atoms with Crippen LogP contribution in [-0.2, 0) is 21.0 Å². The van der Waals surface area contributed by atoms with Gasteiger partial charge in [0.05, 0.1) is 23.1 Å². The molecule has 1 heterocycles. The summed E-state index contributed by atoms with van der Waals surface area (Å²) >= 11 is 1.53. The van der Waals surface area contributed by atoms with E-state index in [0.717, 1.165) is 17.1 Å². The second kappa shape index (κ2) is 6.44. The summed E-state index contributed by atoms with van der Waals surface area (Å²) in [6.45, 7) is 0.630. The van der Waals surface area contributed by atoms with Crippen molar-refractivity contribution in [3.63, 3.8) is 0 Å². The summed E-state index contributed by atoms with van der Waals surface area (Å²) < 4.78 is 27.0. The molecule has 1 rings (SSSR count). The molecule has 0 radical (unpaired) electrons. The Morgan fingerprint density at radius 2 is 2.29 bits per heavy atom. The van der Waals surface area contributed by atoms with Crippen molar-refractivity contribution in [2.75, 3.05) is 25.7 Å². The molecule has 1 atom stereocenters. The van der Waals surface area contributed by atoms with Gasteiger partial charge in [0.25, 0.3) is 0 Å². The lowest BCUT2D eigenvalue weighted by Crippen LogP contribution is -2.16. The van der Waals surface area contributed by atoms with Gasteiger partial charge >= 0.3 is 0 Å². The zero-order chi connectivity index (χ0) is 12.9. The van der Waals surface area contributed by atoms with Crippen LogP contribution in [0.1, 0.15) is 23.2 Å². The first-order valence-electron chi connectivity index (χ1n) is 5.29. The Bertz CT molecular complexity index is 442. The summed E-state index contributed by atoms with van der Waals surface area (Å²) in [6.07, 6.45) is 2.39. The number of nitrogens with two attached hydrogens (primary N) is 1. The number of sulfone groups is 1. The summed E-state index contributed by atoms with van der Waals surface area (Å²) in [5.41, 5.74) is 6.66. The molecule has 1 unspecified atom stereocenters. The summed E-state index contributed by atoms with van der Waals surface area (Å²) in [6, 6.07) is -0.308. The second-order valence-corrected chi connectivity index (χ2v) is 7.14. The third-order valence-electron chi connectivity index (χ3n) is 2.27. The van der Waals surface area contributed by atoms with Gasteiger partial charge in [0.2, 0.25) is 0 Å². The van der Waals surface area contributed by atoms with E-state index in [1.54, 1.807) is 7.11 Å². The molecule has 0 aliphatic heterocycles. The number of methoxy groups -OCH3 is 1. The quantitative estimate of drug-likeness (QED) is 0.796. The minimum absolute atomic E-state index is 0.0963. The molecule has 0 bridgehead atoms. The van der Waals surface area contributed by atoms with E-state index in [0.29, 0.717) is 13.0 Å². The zero-order valence-electron chi connectivity index (χ0n) is 10.0. The van der Waals surface area contributed by atoms with E-state index in [4.69, 9.17) is 10.5 Å². The van der Waals surface area contributed by atoms with Crippen LogP contribution in [0.25, 0.3) is 0 Å². The average molecular weight is 278 g/mol. The number of aromatic nitrogens is 1. The highest BCUT2D eigenvalue weighted by Crippen LogP contribution is 2.18. The largest absolute Gasteiger partial charge is 0.384 e. The molecular weight excluding hydrogens is 260 g/mol. The molecule has 17 heavy (non-hydrogen) atoms. The molecule has 0 spiro atoms. The molecule has 0 saturated carbocycles. The van der Waals surface area contributed by atoms with Crippen LogP contribution in [0.3, 0.4) is 0 Å². The second-order valence-electron chi connectivity index (χ2n) is 3.93. The maximum atomic E-state index is 11.0. The van der Waals surface area contributed by atoms with Crippen LogP contribution in [0.5, 0.6) is 0 Å². The molecule has 0 fully saturated rings. The highest BCUT2D eigenvalue weighted by molar-refractivity contribution is 7.90. The number of nitrogens with zero attached hydrogens (tertiary/aromatic N) is 1. The highest BCUT2D eigenvalue weighted by atomic mass is 32.2. The molecule has 5 nitrogen and oxygen atoms in total. The Kier molecular flexibility index (Phi) is 5.51. The third-order valence-corrected chi connectivity index (χ3v) is 4.17. The molecule has 0 amide bonds. The van der Waals surface area contributed by atoms with E-state index < -0.39 is 9.84 Å². The van der Waals surface area contributed by atoms with Crippen molar-refractivity contribution in [2.24, 2.45) is 5.73 Å². The van der Waals surface area contributed by atoms with Gasteiger partial charge in [-0.3, -0.25) is 0 Å². The zero-order valence-corrected chi connectivity index (χ0v) is 11.7. The van der Waals surface area contributed by atoms with Gasteiger partial charge in [-0.05, 0) is 6.42 Å². The molecule has 98 valence electrons. The first-order chi connectivity index (χ1) is 7.92. The minimum atomic E-state index is -2.96. The maximum Gasteiger partial charge on any atom is 0.147 e. The molecule has 0 aromatic carbocycles. The van der Waals surface area contributed by atoms with Gasteiger partial charge in [0.15, 0.2) is 0 Å². The Morgan fingerprint density at radius 1 is 1.59 bits per heavy atom. The molecule has 0 aliphatic rings. The van der Waals surface area contributed by atoms with Crippen molar-refractivity contribution in [3.8, 4) is 0 Å². The normalized spacial score (nSPS) is 13.8. The van der Waals surface area contributed by atoms with Crippen molar-refractivity contribution in [3.05, 3.63) is 16.1 Å². The van der Waals surface area contributed by atoms with E-state index >= 15 is 0 Å². The van der Waals surface area contributed by atoms with Gasteiger partial charge in [-0.15, -0.1) is 11.3 Å². The molecule has 1 aromatic rings. The fraction of sp³-hybridized carbons (Fsp3) is 0.700. The number of thiazole rings is 1. The average Bonchev–Trinajstić information content (AvgIpc) is 2.70. The van der Waals surface area contributed by atoms with Crippen LogP contribution in [-0.4, -0.2) is 39.1 Å². The van der Waals surface area contributed by atoms with Gasteiger partial charge in [-0.25, -0.2) is 13.4 Å². The van der Waals surface area contributed by atoms with Crippen molar-refractivity contribution in [1.29, 1.82) is 0 Å². The lowest BCUT2D eigenvalue weighted by atomic mass is 10.2. The Hall–Kier alpha value is -0.500. The van der Waals surface area contributed by atoms with Crippen molar-refractivity contribution < 1.29 is 13.2 Å². The van der Waals surface area contributed by atoms with E-state index in [1.165, 1.54) is 17.6 Å².